The molecular weight excluding hydrogens is 253 g/mol. The van der Waals surface area contributed by atoms with Crippen LogP contribution < -0.4 is 0 Å². The van der Waals surface area contributed by atoms with Crippen molar-refractivity contribution in [2.45, 2.75) is 20.3 Å². The van der Waals surface area contributed by atoms with Crippen molar-refractivity contribution in [3.05, 3.63) is 42.0 Å². The molecule has 0 spiro atoms. The number of aromatic nitrogens is 2. The van der Waals surface area contributed by atoms with E-state index in [4.69, 9.17) is 0 Å². The number of hydrogen-bond donors (Lipinski definition) is 0. The molecule has 0 radical (unpaired) electrons. The smallest absolute Gasteiger partial charge is 0.131 e. The Kier molecular flexibility index (Phi) is 6.39. The maximum atomic E-state index is 13.8. The topological polar surface area (TPSA) is 21.1 Å². The van der Waals surface area contributed by atoms with Gasteiger partial charge < -0.3 is 4.90 Å². The molecule has 1 aromatic heterocycles. The number of rotatable bonds is 4. The summed E-state index contributed by atoms with van der Waals surface area (Å²) in [5, 5.41) is 4.08. The predicted octanol–water partition coefficient (Wildman–Crippen LogP) is 3.36. The third-order valence-electron chi connectivity index (χ3n) is 2.89. The van der Waals surface area contributed by atoms with Crippen LogP contribution in [0.2, 0.25) is 0 Å². The van der Waals surface area contributed by atoms with E-state index in [9.17, 15) is 4.39 Å². The molecule has 0 aliphatic carbocycles. The maximum absolute atomic E-state index is 13.8. The molecule has 0 N–H and O–H groups in total. The third-order valence-corrected chi connectivity index (χ3v) is 2.89. The van der Waals surface area contributed by atoms with E-state index in [1.807, 2.05) is 53.3 Å². The van der Waals surface area contributed by atoms with Crippen LogP contribution in [-0.4, -0.2) is 35.3 Å². The number of halogens is 1. The molecule has 0 bridgehead atoms. The zero-order valence-electron chi connectivity index (χ0n) is 13.0. The standard InChI is InChI=1S/C14H18FN3.C2H6/c1-17(2)7-6-11-4-5-14(15)13(8-11)12-9-16-18(3)10-12;1-2/h4-5,8-10H,6-7H2,1-3H3;1-2H3. The molecule has 2 rings (SSSR count). The largest absolute Gasteiger partial charge is 0.309 e. The van der Waals surface area contributed by atoms with Crippen molar-refractivity contribution in [2.24, 2.45) is 7.05 Å². The van der Waals surface area contributed by atoms with Gasteiger partial charge in [0.05, 0.1) is 6.20 Å². The highest BCUT2D eigenvalue weighted by Crippen LogP contribution is 2.23. The zero-order chi connectivity index (χ0) is 15.1. The average molecular weight is 277 g/mol. The number of likely N-dealkylation sites (N-methyl/N-ethyl adjacent to an activating group) is 1. The molecule has 4 heteroatoms. The van der Waals surface area contributed by atoms with Gasteiger partial charge in [0.15, 0.2) is 0 Å². The molecule has 0 fully saturated rings. The number of benzene rings is 1. The first-order valence-corrected chi connectivity index (χ1v) is 6.98. The number of hydrogen-bond acceptors (Lipinski definition) is 2. The molecule has 0 atom stereocenters. The van der Waals surface area contributed by atoms with Gasteiger partial charge in [-0.1, -0.05) is 19.9 Å². The maximum Gasteiger partial charge on any atom is 0.131 e. The van der Waals surface area contributed by atoms with Gasteiger partial charge in [0.25, 0.3) is 0 Å². The minimum atomic E-state index is -0.198. The molecule has 1 heterocycles. The van der Waals surface area contributed by atoms with Crippen LogP contribution in [-0.2, 0) is 13.5 Å². The lowest BCUT2D eigenvalue weighted by Crippen LogP contribution is -2.15. The van der Waals surface area contributed by atoms with Gasteiger partial charge in [0.1, 0.15) is 5.82 Å². The van der Waals surface area contributed by atoms with E-state index in [0.29, 0.717) is 5.56 Å². The van der Waals surface area contributed by atoms with Crippen molar-refractivity contribution in [1.82, 2.24) is 14.7 Å². The molecule has 3 nitrogen and oxygen atoms in total. The Morgan fingerprint density at radius 2 is 1.95 bits per heavy atom. The Labute approximate surface area is 121 Å². The summed E-state index contributed by atoms with van der Waals surface area (Å²) in [5.74, 6) is -0.198. The van der Waals surface area contributed by atoms with E-state index in [-0.39, 0.29) is 5.82 Å². The van der Waals surface area contributed by atoms with Gasteiger partial charge in [-0.3, -0.25) is 4.68 Å². The molecule has 110 valence electrons. The summed E-state index contributed by atoms with van der Waals surface area (Å²) in [4.78, 5) is 2.12. The van der Waals surface area contributed by atoms with E-state index >= 15 is 0 Å². The van der Waals surface area contributed by atoms with Crippen LogP contribution in [0.3, 0.4) is 0 Å². The van der Waals surface area contributed by atoms with Crippen LogP contribution in [0.15, 0.2) is 30.6 Å². The molecule has 0 saturated carbocycles. The highest BCUT2D eigenvalue weighted by Gasteiger charge is 2.08. The molecule has 20 heavy (non-hydrogen) atoms. The van der Waals surface area contributed by atoms with Crippen LogP contribution in [0.4, 0.5) is 4.39 Å². The van der Waals surface area contributed by atoms with E-state index in [2.05, 4.69) is 10.00 Å². The normalized spacial score (nSPS) is 10.3. The Hall–Kier alpha value is -1.68. The minimum Gasteiger partial charge on any atom is -0.309 e. The van der Waals surface area contributed by atoms with Crippen LogP contribution in [0.1, 0.15) is 19.4 Å². The van der Waals surface area contributed by atoms with Crippen LogP contribution in [0.5, 0.6) is 0 Å². The molecule has 1 aromatic carbocycles. The summed E-state index contributed by atoms with van der Waals surface area (Å²) in [7, 11) is 5.90. The van der Waals surface area contributed by atoms with E-state index in [1.165, 1.54) is 6.07 Å². The lowest BCUT2D eigenvalue weighted by molar-refractivity contribution is 0.413. The summed E-state index contributed by atoms with van der Waals surface area (Å²) >= 11 is 0. The second-order valence-corrected chi connectivity index (χ2v) is 4.77. The van der Waals surface area contributed by atoms with Gasteiger partial charge in [0.2, 0.25) is 0 Å². The molecule has 0 aliphatic rings. The molecular formula is C16H24FN3. The minimum absolute atomic E-state index is 0.198. The van der Waals surface area contributed by atoms with Crippen LogP contribution in [0, 0.1) is 5.82 Å². The average Bonchev–Trinajstić information content (AvgIpc) is 2.86. The Bertz CT molecular complexity index is 532. The highest BCUT2D eigenvalue weighted by atomic mass is 19.1. The van der Waals surface area contributed by atoms with Gasteiger partial charge in [0, 0.05) is 30.9 Å². The van der Waals surface area contributed by atoms with Crippen molar-refractivity contribution in [3.63, 3.8) is 0 Å². The summed E-state index contributed by atoms with van der Waals surface area (Å²) < 4.78 is 15.5. The SMILES string of the molecule is CC.CN(C)CCc1ccc(F)c(-c2cnn(C)c2)c1. The van der Waals surface area contributed by atoms with Gasteiger partial charge in [-0.2, -0.15) is 5.10 Å². The fraction of sp³-hybridized carbons (Fsp3) is 0.438. The summed E-state index contributed by atoms with van der Waals surface area (Å²) in [6.07, 6.45) is 4.43. The Balaban J connectivity index is 0.000000956. The van der Waals surface area contributed by atoms with Gasteiger partial charge in [-0.15, -0.1) is 0 Å². The summed E-state index contributed by atoms with van der Waals surface area (Å²) in [6, 6.07) is 5.29. The van der Waals surface area contributed by atoms with Gasteiger partial charge in [-0.25, -0.2) is 4.39 Å². The van der Waals surface area contributed by atoms with Crippen LogP contribution in [0.25, 0.3) is 11.1 Å². The predicted molar refractivity (Wildman–Crippen MR) is 82.2 cm³/mol. The number of aryl methyl sites for hydroxylation is 1. The van der Waals surface area contributed by atoms with Crippen molar-refractivity contribution < 1.29 is 4.39 Å². The number of nitrogens with zero attached hydrogens (tertiary/aromatic N) is 3. The first-order chi connectivity index (χ1) is 9.56. The lowest BCUT2D eigenvalue weighted by atomic mass is 10.0. The fourth-order valence-corrected chi connectivity index (χ4v) is 1.86. The molecule has 0 saturated heterocycles. The zero-order valence-corrected chi connectivity index (χ0v) is 13.0. The molecule has 0 amide bonds. The van der Waals surface area contributed by atoms with Gasteiger partial charge in [-0.05, 0) is 38.2 Å². The third kappa shape index (κ3) is 4.46. The Morgan fingerprint density at radius 1 is 1.25 bits per heavy atom. The van der Waals surface area contributed by atoms with Crippen molar-refractivity contribution in [3.8, 4) is 11.1 Å². The molecule has 0 aliphatic heterocycles. The first kappa shape index (κ1) is 16.4. The molecule has 0 unspecified atom stereocenters. The van der Waals surface area contributed by atoms with Crippen molar-refractivity contribution in [1.29, 1.82) is 0 Å². The van der Waals surface area contributed by atoms with Crippen molar-refractivity contribution >= 4 is 0 Å². The fourth-order valence-electron chi connectivity index (χ4n) is 1.86. The monoisotopic (exact) mass is 277 g/mol. The Morgan fingerprint density at radius 3 is 2.50 bits per heavy atom. The van der Waals surface area contributed by atoms with Crippen molar-refractivity contribution in [2.75, 3.05) is 20.6 Å². The lowest BCUT2D eigenvalue weighted by Gasteiger charge is -2.10. The second-order valence-electron chi connectivity index (χ2n) is 4.77. The first-order valence-electron chi connectivity index (χ1n) is 6.98. The molecule has 2 aromatic rings. The quantitative estimate of drug-likeness (QED) is 0.854. The van der Waals surface area contributed by atoms with E-state index < -0.39 is 0 Å². The van der Waals surface area contributed by atoms with Gasteiger partial charge >= 0.3 is 0 Å². The van der Waals surface area contributed by atoms with E-state index in [1.54, 1.807) is 10.9 Å². The van der Waals surface area contributed by atoms with Crippen LogP contribution >= 0.6 is 0 Å². The summed E-state index contributed by atoms with van der Waals surface area (Å²) in [5.41, 5.74) is 2.59. The highest BCUT2D eigenvalue weighted by molar-refractivity contribution is 5.63. The second kappa shape index (κ2) is 7.80. The summed E-state index contributed by atoms with van der Waals surface area (Å²) in [6.45, 7) is 4.96. The van der Waals surface area contributed by atoms with E-state index in [0.717, 1.165) is 24.1 Å².